The van der Waals surface area contributed by atoms with Crippen molar-refractivity contribution in [3.8, 4) is 0 Å². The molecule has 0 heterocycles. The second-order valence-electron chi connectivity index (χ2n) is 7.54. The summed E-state index contributed by atoms with van der Waals surface area (Å²) in [5.41, 5.74) is 0.474. The minimum atomic E-state index is 0.474. The minimum Gasteiger partial charge on any atom is -0.316 e. The molecule has 0 amide bonds. The van der Waals surface area contributed by atoms with Crippen molar-refractivity contribution in [1.29, 1.82) is 0 Å². The third kappa shape index (κ3) is 3.27. The third-order valence-electron chi connectivity index (χ3n) is 5.17. The molecule has 0 aliphatic heterocycles. The topological polar surface area (TPSA) is 15.3 Å². The highest BCUT2D eigenvalue weighted by atomic mass is 15.2. The fourth-order valence-corrected chi connectivity index (χ4v) is 3.77. The lowest BCUT2D eigenvalue weighted by Crippen LogP contribution is -2.46. The van der Waals surface area contributed by atoms with E-state index in [1.807, 2.05) is 0 Å². The van der Waals surface area contributed by atoms with Crippen LogP contribution in [0.25, 0.3) is 0 Å². The third-order valence-corrected chi connectivity index (χ3v) is 5.17. The molecule has 2 aliphatic rings. The van der Waals surface area contributed by atoms with Crippen LogP contribution in [-0.2, 0) is 0 Å². The molecule has 2 saturated carbocycles. The van der Waals surface area contributed by atoms with Gasteiger partial charge in [0.15, 0.2) is 0 Å². The van der Waals surface area contributed by atoms with Gasteiger partial charge < -0.3 is 10.2 Å². The predicted molar refractivity (Wildman–Crippen MR) is 78.8 cm³/mol. The maximum atomic E-state index is 3.59. The average Bonchev–Trinajstić information content (AvgIpc) is 3.03. The molecule has 0 spiro atoms. The lowest BCUT2D eigenvalue weighted by molar-refractivity contribution is 0.154. The Balaban J connectivity index is 1.93. The summed E-state index contributed by atoms with van der Waals surface area (Å²) in [6.07, 6.45) is 5.70. The molecule has 2 fully saturated rings. The van der Waals surface area contributed by atoms with Crippen LogP contribution in [0.5, 0.6) is 0 Å². The minimum absolute atomic E-state index is 0.474. The highest BCUT2D eigenvalue weighted by molar-refractivity contribution is 4.97. The molecule has 1 N–H and O–H groups in total. The van der Waals surface area contributed by atoms with E-state index in [0.717, 1.165) is 11.8 Å². The van der Waals surface area contributed by atoms with E-state index in [1.54, 1.807) is 0 Å². The predicted octanol–water partition coefficient (Wildman–Crippen LogP) is 3.13. The van der Waals surface area contributed by atoms with E-state index in [2.05, 4.69) is 45.0 Å². The van der Waals surface area contributed by atoms with Gasteiger partial charge >= 0.3 is 0 Å². The van der Waals surface area contributed by atoms with Crippen LogP contribution in [0.2, 0.25) is 0 Å². The van der Waals surface area contributed by atoms with Crippen LogP contribution < -0.4 is 5.32 Å². The van der Waals surface area contributed by atoms with Gasteiger partial charge in [0.25, 0.3) is 0 Å². The van der Waals surface area contributed by atoms with Crippen LogP contribution in [0.3, 0.4) is 0 Å². The molecule has 2 unspecified atom stereocenters. The van der Waals surface area contributed by atoms with E-state index < -0.39 is 0 Å². The Morgan fingerprint density at radius 2 is 1.83 bits per heavy atom. The number of nitrogens with one attached hydrogen (secondary N) is 1. The molecule has 0 aromatic heterocycles. The van der Waals surface area contributed by atoms with Crippen molar-refractivity contribution < 1.29 is 0 Å². The molecule has 0 saturated heterocycles. The van der Waals surface area contributed by atoms with Crippen molar-refractivity contribution in [2.75, 3.05) is 20.1 Å². The van der Waals surface area contributed by atoms with Crippen LogP contribution >= 0.6 is 0 Å². The number of nitrogens with zero attached hydrogens (tertiary/aromatic N) is 1. The van der Waals surface area contributed by atoms with Gasteiger partial charge in [0.1, 0.15) is 0 Å². The molecule has 2 heteroatoms. The van der Waals surface area contributed by atoms with Crippen molar-refractivity contribution in [3.63, 3.8) is 0 Å². The Hall–Kier alpha value is -0.0800. The van der Waals surface area contributed by atoms with E-state index >= 15 is 0 Å². The Kier molecular flexibility index (Phi) is 4.38. The molecule has 0 radical (unpaired) electrons. The quantitative estimate of drug-likeness (QED) is 0.781. The number of hydrogen-bond acceptors (Lipinski definition) is 2. The monoisotopic (exact) mass is 252 g/mol. The van der Waals surface area contributed by atoms with Gasteiger partial charge in [0.2, 0.25) is 0 Å². The molecule has 18 heavy (non-hydrogen) atoms. The SMILES string of the molecule is CNC1C(CN(CC2CC2)C(C)C)CCC1(C)C. The van der Waals surface area contributed by atoms with E-state index in [1.165, 1.54) is 38.8 Å². The Bertz CT molecular complexity index is 268. The zero-order valence-corrected chi connectivity index (χ0v) is 13.0. The maximum absolute atomic E-state index is 3.59. The van der Waals surface area contributed by atoms with Gasteiger partial charge in [-0.05, 0) is 63.8 Å². The van der Waals surface area contributed by atoms with Gasteiger partial charge in [0, 0.05) is 25.2 Å². The van der Waals surface area contributed by atoms with Gasteiger partial charge in [-0.25, -0.2) is 0 Å². The number of rotatable bonds is 6. The standard InChI is InChI=1S/C16H32N2/c1-12(2)18(10-13-6-7-13)11-14-8-9-16(3,4)15(14)17-5/h12-15,17H,6-11H2,1-5H3. The molecule has 2 atom stereocenters. The molecular formula is C16H32N2. The summed E-state index contributed by atoms with van der Waals surface area (Å²) >= 11 is 0. The summed E-state index contributed by atoms with van der Waals surface area (Å²) in [6.45, 7) is 12.2. The highest BCUT2D eigenvalue weighted by Gasteiger charge is 2.41. The lowest BCUT2D eigenvalue weighted by atomic mass is 9.84. The van der Waals surface area contributed by atoms with Gasteiger partial charge in [-0.15, -0.1) is 0 Å². The zero-order chi connectivity index (χ0) is 13.3. The van der Waals surface area contributed by atoms with Crippen LogP contribution in [0.1, 0.15) is 53.4 Å². The molecule has 2 rings (SSSR count). The van der Waals surface area contributed by atoms with Crippen molar-refractivity contribution in [2.24, 2.45) is 17.3 Å². The first kappa shape index (κ1) is 14.3. The Morgan fingerprint density at radius 1 is 1.17 bits per heavy atom. The molecule has 106 valence electrons. The Labute approximate surface area is 114 Å². The second-order valence-corrected chi connectivity index (χ2v) is 7.54. The summed E-state index contributed by atoms with van der Waals surface area (Å²) in [5.74, 6) is 1.85. The fourth-order valence-electron chi connectivity index (χ4n) is 3.77. The van der Waals surface area contributed by atoms with Gasteiger partial charge in [-0.2, -0.15) is 0 Å². The lowest BCUT2D eigenvalue weighted by Gasteiger charge is -2.35. The summed E-state index contributed by atoms with van der Waals surface area (Å²) in [6, 6.07) is 1.39. The zero-order valence-electron chi connectivity index (χ0n) is 13.0. The van der Waals surface area contributed by atoms with Crippen LogP contribution in [0.4, 0.5) is 0 Å². The highest BCUT2D eigenvalue weighted by Crippen LogP contribution is 2.42. The molecule has 0 aromatic rings. The van der Waals surface area contributed by atoms with Gasteiger partial charge in [-0.1, -0.05) is 13.8 Å². The molecule has 2 nitrogen and oxygen atoms in total. The largest absolute Gasteiger partial charge is 0.316 e. The summed E-state index contributed by atoms with van der Waals surface area (Å²) in [4.78, 5) is 2.73. The first-order valence-electron chi connectivity index (χ1n) is 7.85. The number of hydrogen-bond donors (Lipinski definition) is 1. The summed E-state index contributed by atoms with van der Waals surface area (Å²) < 4.78 is 0. The van der Waals surface area contributed by atoms with Crippen LogP contribution in [-0.4, -0.2) is 37.1 Å². The van der Waals surface area contributed by atoms with E-state index in [-0.39, 0.29) is 0 Å². The van der Waals surface area contributed by atoms with Crippen molar-refractivity contribution in [1.82, 2.24) is 10.2 Å². The van der Waals surface area contributed by atoms with Crippen LogP contribution in [0.15, 0.2) is 0 Å². The second kappa shape index (κ2) is 5.50. The molecule has 0 aromatic carbocycles. The van der Waals surface area contributed by atoms with Crippen LogP contribution in [0, 0.1) is 17.3 Å². The van der Waals surface area contributed by atoms with Gasteiger partial charge in [0.05, 0.1) is 0 Å². The summed E-state index contributed by atoms with van der Waals surface area (Å²) in [5, 5.41) is 3.59. The smallest absolute Gasteiger partial charge is 0.0156 e. The van der Waals surface area contributed by atoms with E-state index in [9.17, 15) is 0 Å². The molecular weight excluding hydrogens is 220 g/mol. The molecule has 2 aliphatic carbocycles. The maximum Gasteiger partial charge on any atom is 0.0156 e. The summed E-state index contributed by atoms with van der Waals surface area (Å²) in [7, 11) is 2.14. The van der Waals surface area contributed by atoms with Crippen molar-refractivity contribution >= 4 is 0 Å². The molecule has 0 bridgehead atoms. The van der Waals surface area contributed by atoms with Crippen molar-refractivity contribution in [2.45, 2.75) is 65.5 Å². The first-order chi connectivity index (χ1) is 8.44. The van der Waals surface area contributed by atoms with E-state index in [4.69, 9.17) is 0 Å². The van der Waals surface area contributed by atoms with E-state index in [0.29, 0.717) is 17.5 Å². The normalized spacial score (nSPS) is 31.5. The fraction of sp³-hybridized carbons (Fsp3) is 1.00. The van der Waals surface area contributed by atoms with Crippen molar-refractivity contribution in [3.05, 3.63) is 0 Å². The first-order valence-corrected chi connectivity index (χ1v) is 7.85. The average molecular weight is 252 g/mol. The Morgan fingerprint density at radius 3 is 2.33 bits per heavy atom. The van der Waals surface area contributed by atoms with Gasteiger partial charge in [-0.3, -0.25) is 0 Å².